The van der Waals surface area contributed by atoms with Crippen molar-refractivity contribution in [2.24, 2.45) is 0 Å². The zero-order chi connectivity index (χ0) is 20.7. The van der Waals surface area contributed by atoms with Crippen LogP contribution in [0.2, 0.25) is 15.1 Å². The second-order valence-corrected chi connectivity index (χ2v) is 7.71. The molecule has 0 spiro atoms. The number of nitrogens with zero attached hydrogens (tertiary/aromatic N) is 4. The van der Waals surface area contributed by atoms with Crippen LogP contribution >= 0.6 is 34.8 Å². The molecular weight excluding hydrogens is 445 g/mol. The summed E-state index contributed by atoms with van der Waals surface area (Å²) in [5, 5.41) is 33.9. The van der Waals surface area contributed by atoms with Crippen LogP contribution in [0.4, 0.5) is 5.82 Å². The molecule has 0 radical (unpaired) electrons. The van der Waals surface area contributed by atoms with E-state index in [0.717, 1.165) is 5.56 Å². The van der Waals surface area contributed by atoms with E-state index >= 15 is 0 Å². The molecule has 29 heavy (non-hydrogen) atoms. The zero-order valence-corrected chi connectivity index (χ0v) is 17.0. The summed E-state index contributed by atoms with van der Waals surface area (Å²) in [7, 11) is 0. The fourth-order valence-electron chi connectivity index (χ4n) is 3.16. The molecule has 1 aliphatic rings. The van der Waals surface area contributed by atoms with Crippen LogP contribution < -0.4 is 5.32 Å². The van der Waals surface area contributed by atoms with E-state index in [9.17, 15) is 15.3 Å². The Kier molecular flexibility index (Phi) is 5.80. The van der Waals surface area contributed by atoms with Gasteiger partial charge < -0.3 is 25.4 Å². The molecular formula is C17H16Cl3N5O4. The van der Waals surface area contributed by atoms with Crippen LogP contribution in [0.5, 0.6) is 0 Å². The fourth-order valence-corrected chi connectivity index (χ4v) is 3.79. The first-order valence-corrected chi connectivity index (χ1v) is 9.71. The van der Waals surface area contributed by atoms with Gasteiger partial charge in [0, 0.05) is 11.6 Å². The van der Waals surface area contributed by atoms with Gasteiger partial charge in [0.05, 0.1) is 23.0 Å². The minimum absolute atomic E-state index is 0.308. The Bertz CT molecular complexity index is 1050. The summed E-state index contributed by atoms with van der Waals surface area (Å²) < 4.78 is 7.03. The summed E-state index contributed by atoms with van der Waals surface area (Å²) in [4.78, 5) is 12.7. The van der Waals surface area contributed by atoms with Gasteiger partial charge in [-0.2, -0.15) is 0 Å². The molecule has 2 aromatic heterocycles. The number of benzene rings is 1. The lowest BCUT2D eigenvalue weighted by Gasteiger charge is -2.16. The van der Waals surface area contributed by atoms with Crippen LogP contribution in [-0.2, 0) is 11.3 Å². The number of imidazole rings is 1. The maximum absolute atomic E-state index is 10.3. The van der Waals surface area contributed by atoms with Crippen molar-refractivity contribution in [3.63, 3.8) is 0 Å². The maximum Gasteiger partial charge on any atom is 0.167 e. The van der Waals surface area contributed by atoms with Gasteiger partial charge in [0.25, 0.3) is 0 Å². The molecule has 0 unspecified atom stereocenters. The first kappa shape index (κ1) is 20.5. The third kappa shape index (κ3) is 3.75. The van der Waals surface area contributed by atoms with E-state index in [2.05, 4.69) is 20.3 Å². The van der Waals surface area contributed by atoms with Crippen LogP contribution in [-0.4, -0.2) is 59.8 Å². The number of anilines is 1. The second-order valence-electron chi connectivity index (χ2n) is 6.49. The maximum atomic E-state index is 10.3. The largest absolute Gasteiger partial charge is 0.394 e. The molecule has 0 bridgehead atoms. The molecule has 1 aliphatic heterocycles. The van der Waals surface area contributed by atoms with Crippen molar-refractivity contribution in [2.45, 2.75) is 31.1 Å². The Balaban J connectivity index is 1.61. The third-order valence-electron chi connectivity index (χ3n) is 4.69. The summed E-state index contributed by atoms with van der Waals surface area (Å²) in [6, 6.07) is 3.23. The molecule has 9 nitrogen and oxygen atoms in total. The molecule has 1 saturated heterocycles. The Labute approximate surface area is 179 Å². The van der Waals surface area contributed by atoms with Gasteiger partial charge in [0.1, 0.15) is 24.6 Å². The number of hydrogen-bond donors (Lipinski definition) is 4. The van der Waals surface area contributed by atoms with Gasteiger partial charge in [0.15, 0.2) is 23.2 Å². The van der Waals surface area contributed by atoms with Crippen molar-refractivity contribution in [3.05, 3.63) is 45.4 Å². The average Bonchev–Trinajstić information content (AvgIpc) is 3.25. The van der Waals surface area contributed by atoms with E-state index in [1.807, 2.05) is 0 Å². The quantitative estimate of drug-likeness (QED) is 0.426. The van der Waals surface area contributed by atoms with Crippen LogP contribution in [0.15, 0.2) is 24.8 Å². The lowest BCUT2D eigenvalue weighted by Crippen LogP contribution is -2.33. The highest BCUT2D eigenvalue weighted by atomic mass is 35.5. The average molecular weight is 461 g/mol. The monoisotopic (exact) mass is 459 g/mol. The minimum Gasteiger partial charge on any atom is -0.394 e. The van der Waals surface area contributed by atoms with Crippen molar-refractivity contribution in [2.75, 3.05) is 11.9 Å². The number of fused-ring (bicyclic) bond motifs is 1. The number of halogens is 3. The van der Waals surface area contributed by atoms with Gasteiger partial charge in [-0.05, 0) is 17.7 Å². The number of rotatable bonds is 5. The molecule has 4 rings (SSSR count). The van der Waals surface area contributed by atoms with Gasteiger partial charge >= 0.3 is 0 Å². The SMILES string of the molecule is OC[C@H]1O[C@@H](n2cnc3c(NCc4cc(Cl)c(Cl)cc4Cl)ncnc32)[C@H](O)[C@@H]1O. The smallest absolute Gasteiger partial charge is 0.167 e. The Morgan fingerprint density at radius 2 is 1.79 bits per heavy atom. The minimum atomic E-state index is -1.24. The number of nitrogens with one attached hydrogen (secondary N) is 1. The molecule has 12 heteroatoms. The number of aliphatic hydroxyl groups is 3. The first-order chi connectivity index (χ1) is 13.9. The summed E-state index contributed by atoms with van der Waals surface area (Å²) >= 11 is 18.2. The molecule has 0 aliphatic carbocycles. The molecule has 0 amide bonds. The van der Waals surface area contributed by atoms with Crippen LogP contribution in [0.3, 0.4) is 0 Å². The highest BCUT2D eigenvalue weighted by molar-refractivity contribution is 6.43. The van der Waals surface area contributed by atoms with Gasteiger partial charge in [0.2, 0.25) is 0 Å². The summed E-state index contributed by atoms with van der Waals surface area (Å²) in [6.07, 6.45) is -1.55. The summed E-state index contributed by atoms with van der Waals surface area (Å²) in [6.45, 7) is -0.115. The topological polar surface area (TPSA) is 126 Å². The molecule has 3 aromatic rings. The molecule has 1 fully saturated rings. The van der Waals surface area contributed by atoms with Gasteiger partial charge in [-0.1, -0.05) is 34.8 Å². The number of hydrogen-bond acceptors (Lipinski definition) is 8. The number of aromatic nitrogens is 4. The molecule has 154 valence electrons. The van der Waals surface area contributed by atoms with Crippen molar-refractivity contribution >= 4 is 51.8 Å². The van der Waals surface area contributed by atoms with E-state index in [1.54, 1.807) is 12.1 Å². The number of ether oxygens (including phenoxy) is 1. The summed E-state index contributed by atoms with van der Waals surface area (Å²) in [5.41, 5.74) is 1.54. The Morgan fingerprint density at radius 1 is 1.03 bits per heavy atom. The van der Waals surface area contributed by atoms with Crippen LogP contribution in [0, 0.1) is 0 Å². The normalized spacial score (nSPS) is 24.3. The van der Waals surface area contributed by atoms with E-state index in [4.69, 9.17) is 39.5 Å². The van der Waals surface area contributed by atoms with Crippen molar-refractivity contribution in [3.8, 4) is 0 Å². The second kappa shape index (κ2) is 8.19. The van der Waals surface area contributed by atoms with Gasteiger partial charge in [-0.25, -0.2) is 15.0 Å². The lowest BCUT2D eigenvalue weighted by atomic mass is 10.1. The molecule has 4 N–H and O–H groups in total. The van der Waals surface area contributed by atoms with Crippen molar-refractivity contribution in [1.29, 1.82) is 0 Å². The molecule has 0 saturated carbocycles. The Morgan fingerprint density at radius 3 is 2.52 bits per heavy atom. The molecule has 1 aromatic carbocycles. The first-order valence-electron chi connectivity index (χ1n) is 8.58. The van der Waals surface area contributed by atoms with E-state index in [1.165, 1.54) is 17.2 Å². The third-order valence-corrected chi connectivity index (χ3v) is 5.76. The predicted octanol–water partition coefficient (Wildman–Crippen LogP) is 2.01. The lowest BCUT2D eigenvalue weighted by molar-refractivity contribution is -0.0511. The summed E-state index contributed by atoms with van der Waals surface area (Å²) in [5.74, 6) is 0.433. The van der Waals surface area contributed by atoms with Crippen molar-refractivity contribution in [1.82, 2.24) is 19.5 Å². The van der Waals surface area contributed by atoms with Gasteiger partial charge in [-0.15, -0.1) is 0 Å². The number of aliphatic hydroxyl groups excluding tert-OH is 3. The van der Waals surface area contributed by atoms with Gasteiger partial charge in [-0.3, -0.25) is 4.57 Å². The predicted molar refractivity (Wildman–Crippen MR) is 107 cm³/mol. The van der Waals surface area contributed by atoms with E-state index in [-0.39, 0.29) is 0 Å². The fraction of sp³-hybridized carbons (Fsp3) is 0.353. The zero-order valence-electron chi connectivity index (χ0n) is 14.7. The van der Waals surface area contributed by atoms with Crippen LogP contribution in [0.25, 0.3) is 11.2 Å². The van der Waals surface area contributed by atoms with Crippen molar-refractivity contribution < 1.29 is 20.1 Å². The highest BCUT2D eigenvalue weighted by Crippen LogP contribution is 2.33. The molecule has 4 atom stereocenters. The van der Waals surface area contributed by atoms with E-state index in [0.29, 0.717) is 38.6 Å². The standard InChI is InChI=1S/C17H16Cl3N5O4/c18-8-2-10(20)9(19)1-7(8)3-21-15-12-16(23-5-22-15)25(6-24-12)17-14(28)13(27)11(4-26)29-17/h1-2,5-6,11,13-14,17,26-28H,3-4H2,(H,21,22,23)/t11-,13-,14-,17-/m1/s1. The molecule has 3 heterocycles. The highest BCUT2D eigenvalue weighted by Gasteiger charge is 2.44. The van der Waals surface area contributed by atoms with Crippen LogP contribution in [0.1, 0.15) is 11.8 Å². The van der Waals surface area contributed by atoms with E-state index < -0.39 is 31.1 Å². The Hall–Kier alpha value is -1.72.